The van der Waals surface area contributed by atoms with Gasteiger partial charge in [-0.3, -0.25) is 9.13 Å². The van der Waals surface area contributed by atoms with Crippen molar-refractivity contribution in [1.82, 2.24) is 0 Å². The number of benzene rings is 4. The van der Waals surface area contributed by atoms with Crippen LogP contribution in [0.4, 0.5) is 0 Å². The summed E-state index contributed by atoms with van der Waals surface area (Å²) in [6, 6.07) is 33.5. The molecular formula is C47H62O6P2. The molecular weight excluding hydrogens is 722 g/mol. The van der Waals surface area contributed by atoms with Gasteiger partial charge >= 0.3 is 15.2 Å². The second kappa shape index (κ2) is 17.8. The van der Waals surface area contributed by atoms with Gasteiger partial charge in [-0.05, 0) is 93.9 Å². The molecule has 55 heavy (non-hydrogen) atoms. The summed E-state index contributed by atoms with van der Waals surface area (Å²) in [6.07, 6.45) is 3.68. The van der Waals surface area contributed by atoms with Crippen molar-refractivity contribution in [2.45, 2.75) is 92.4 Å². The second-order valence-electron chi connectivity index (χ2n) is 17.9. The molecule has 0 unspecified atom stereocenters. The van der Waals surface area contributed by atoms with Crippen LogP contribution in [0.1, 0.15) is 111 Å². The molecule has 6 rings (SSSR count). The van der Waals surface area contributed by atoms with Gasteiger partial charge in [-0.15, -0.1) is 0 Å². The number of rotatable bonds is 14. The lowest BCUT2D eigenvalue weighted by atomic mass is 9.93. The van der Waals surface area contributed by atoms with Crippen molar-refractivity contribution in [1.29, 1.82) is 0 Å². The van der Waals surface area contributed by atoms with E-state index in [9.17, 15) is 0 Å². The van der Waals surface area contributed by atoms with E-state index in [0.29, 0.717) is 23.7 Å². The Labute approximate surface area is 330 Å². The Hall–Kier alpha value is -2.82. The predicted molar refractivity (Wildman–Crippen MR) is 225 cm³/mol. The minimum absolute atomic E-state index is 0.108. The lowest BCUT2D eigenvalue weighted by molar-refractivity contribution is -0.0703. The van der Waals surface area contributed by atoms with Crippen LogP contribution in [-0.2, 0) is 52.9 Å². The summed E-state index contributed by atoms with van der Waals surface area (Å²) < 4.78 is 56.0. The highest BCUT2D eigenvalue weighted by Gasteiger charge is 2.53. The van der Waals surface area contributed by atoms with E-state index in [2.05, 4.69) is 104 Å². The van der Waals surface area contributed by atoms with Crippen LogP contribution in [0, 0.1) is 29.1 Å². The van der Waals surface area contributed by atoms with Crippen LogP contribution in [-0.4, -0.2) is 26.4 Å². The summed E-state index contributed by atoms with van der Waals surface area (Å²) in [5.74, 6) is 1.93. The molecule has 2 saturated heterocycles. The molecule has 0 aliphatic carbocycles. The second-order valence-corrected chi connectivity index (χ2v) is 22.1. The summed E-state index contributed by atoms with van der Waals surface area (Å²) in [5, 5.41) is 0. The highest BCUT2D eigenvalue weighted by Crippen LogP contribution is 2.70. The Bertz CT molecular complexity index is 1720. The van der Waals surface area contributed by atoms with Crippen molar-refractivity contribution in [3.8, 4) is 0 Å². The Morgan fingerprint density at radius 2 is 0.673 bits per heavy atom. The molecule has 8 heteroatoms. The van der Waals surface area contributed by atoms with Crippen molar-refractivity contribution < 1.29 is 27.2 Å². The molecule has 4 aromatic carbocycles. The molecule has 0 aromatic heterocycles. The van der Waals surface area contributed by atoms with Crippen molar-refractivity contribution in [3.63, 3.8) is 0 Å². The van der Waals surface area contributed by atoms with E-state index in [1.54, 1.807) is 0 Å². The first-order chi connectivity index (χ1) is 26.2. The first-order valence-electron chi connectivity index (χ1n) is 20.3. The Kier molecular flexibility index (Phi) is 13.5. The maximum Gasteiger partial charge on any atom is 0.342 e. The maximum atomic E-state index is 15.1. The lowest BCUT2D eigenvalue weighted by Crippen LogP contribution is -2.46. The summed E-state index contributed by atoms with van der Waals surface area (Å²) in [4.78, 5) is 0. The van der Waals surface area contributed by atoms with E-state index < -0.39 is 31.9 Å². The molecule has 0 bridgehead atoms. The molecule has 296 valence electrons. The first kappa shape index (κ1) is 41.8. The average molecular weight is 785 g/mol. The van der Waals surface area contributed by atoms with Gasteiger partial charge < -0.3 is 18.1 Å². The summed E-state index contributed by atoms with van der Waals surface area (Å²) in [5.41, 5.74) is 6.50. The van der Waals surface area contributed by atoms with E-state index in [0.717, 1.165) is 47.9 Å². The van der Waals surface area contributed by atoms with Gasteiger partial charge in [0.2, 0.25) is 0 Å². The average Bonchev–Trinajstić information content (AvgIpc) is 3.11. The minimum atomic E-state index is -3.73. The van der Waals surface area contributed by atoms with E-state index >= 15 is 9.13 Å². The molecule has 0 N–H and O–H groups in total. The largest absolute Gasteiger partial charge is 0.342 e. The third kappa shape index (κ3) is 10.4. The molecule has 6 nitrogen and oxygen atoms in total. The quantitative estimate of drug-likeness (QED) is 0.119. The Morgan fingerprint density at radius 1 is 0.436 bits per heavy atom. The van der Waals surface area contributed by atoms with Crippen LogP contribution in [0.5, 0.6) is 0 Å². The molecule has 4 aromatic rings. The van der Waals surface area contributed by atoms with Gasteiger partial charge in [0.1, 0.15) is 11.3 Å². The molecule has 1 spiro atoms. The highest BCUT2D eigenvalue weighted by atomic mass is 31.2. The standard InChI is InChI=1S/C47H62O6P2/c1-33(2)21-37-13-9-17-41(25-37)45(42-18-10-14-38(26-42)22-34(3)4)54(48)50-29-47(30-51-54)31-52-55(49,53-32-47)46(43-19-11-15-39(27-43)23-35(5)6)44-20-12-16-40(28-44)24-36(7)8/h9-20,25-28,33-36,45-46H,21-24,29-32H2,1-8H3. The fourth-order valence-corrected chi connectivity index (χ4v) is 12.8. The highest BCUT2D eigenvalue weighted by molar-refractivity contribution is 7.55. The number of hydrogen-bond donors (Lipinski definition) is 0. The van der Waals surface area contributed by atoms with Gasteiger partial charge in [-0.2, -0.15) is 0 Å². The summed E-state index contributed by atoms with van der Waals surface area (Å²) in [6.45, 7) is 18.1. The smallest absolute Gasteiger partial charge is 0.307 e. The van der Waals surface area contributed by atoms with Crippen LogP contribution >= 0.6 is 15.2 Å². The van der Waals surface area contributed by atoms with Crippen LogP contribution < -0.4 is 0 Å². The molecule has 0 saturated carbocycles. The Balaban J connectivity index is 1.27. The van der Waals surface area contributed by atoms with Crippen LogP contribution in [0.2, 0.25) is 0 Å². The summed E-state index contributed by atoms with van der Waals surface area (Å²) >= 11 is 0. The molecule has 2 heterocycles. The van der Waals surface area contributed by atoms with Crippen LogP contribution in [0.3, 0.4) is 0 Å². The maximum absolute atomic E-state index is 15.1. The van der Waals surface area contributed by atoms with Crippen LogP contribution in [0.25, 0.3) is 0 Å². The van der Waals surface area contributed by atoms with Gasteiger partial charge in [0.25, 0.3) is 0 Å². The zero-order chi connectivity index (χ0) is 39.4. The van der Waals surface area contributed by atoms with E-state index in [1.165, 1.54) is 22.3 Å². The third-order valence-corrected chi connectivity index (χ3v) is 14.9. The van der Waals surface area contributed by atoms with Gasteiger partial charge in [0.05, 0.1) is 31.8 Å². The van der Waals surface area contributed by atoms with Gasteiger partial charge in [-0.1, -0.05) is 152 Å². The molecule has 2 aliphatic rings. The zero-order valence-corrected chi connectivity index (χ0v) is 36.0. The normalized spacial score (nSPS) is 23.2. The van der Waals surface area contributed by atoms with Crippen molar-refractivity contribution in [2.75, 3.05) is 26.4 Å². The topological polar surface area (TPSA) is 71.1 Å². The van der Waals surface area contributed by atoms with Crippen molar-refractivity contribution >= 4 is 15.2 Å². The SMILES string of the molecule is CC(C)Cc1cccc(C(c2cccc(CC(C)C)c2)P2(=O)OCC3(CO2)COP(=O)(C(c2cccc(CC(C)C)c2)c2cccc(CC(C)C)c2)OC3)c1. The minimum Gasteiger partial charge on any atom is -0.307 e. The van der Waals surface area contributed by atoms with Crippen molar-refractivity contribution in [2.24, 2.45) is 29.1 Å². The lowest BCUT2D eigenvalue weighted by Gasteiger charge is -2.45. The summed E-state index contributed by atoms with van der Waals surface area (Å²) in [7, 11) is -7.46. The Morgan fingerprint density at radius 3 is 0.891 bits per heavy atom. The third-order valence-electron chi connectivity index (χ3n) is 10.5. The monoisotopic (exact) mass is 784 g/mol. The van der Waals surface area contributed by atoms with Crippen molar-refractivity contribution in [3.05, 3.63) is 142 Å². The molecule has 0 amide bonds. The predicted octanol–water partition coefficient (Wildman–Crippen LogP) is 12.8. The van der Waals surface area contributed by atoms with E-state index in [-0.39, 0.29) is 26.4 Å². The fourth-order valence-electron chi connectivity index (χ4n) is 8.09. The first-order valence-corrected chi connectivity index (χ1v) is 23.5. The van der Waals surface area contributed by atoms with E-state index in [1.807, 2.05) is 48.5 Å². The van der Waals surface area contributed by atoms with Gasteiger partial charge in [0.15, 0.2) is 0 Å². The molecule has 0 radical (unpaired) electrons. The van der Waals surface area contributed by atoms with E-state index in [4.69, 9.17) is 18.1 Å². The molecule has 2 aliphatic heterocycles. The van der Waals surface area contributed by atoms with Gasteiger partial charge in [0, 0.05) is 0 Å². The molecule has 0 atom stereocenters. The fraction of sp³-hybridized carbons (Fsp3) is 0.489. The van der Waals surface area contributed by atoms with Gasteiger partial charge in [-0.25, -0.2) is 0 Å². The number of hydrogen-bond acceptors (Lipinski definition) is 6. The molecule has 2 fully saturated rings. The van der Waals surface area contributed by atoms with Crippen LogP contribution in [0.15, 0.2) is 97.1 Å². The zero-order valence-electron chi connectivity index (χ0n) is 34.2.